The maximum Gasteiger partial charge on any atom is 0.251 e. The fourth-order valence-corrected chi connectivity index (χ4v) is 4.11. The fraction of sp³-hybridized carbons (Fsp3) is 0.438. The van der Waals surface area contributed by atoms with Crippen LogP contribution in [-0.2, 0) is 14.8 Å². The molecule has 1 aromatic carbocycles. The number of carbonyl (C=O) groups is 1. The molecule has 1 N–H and O–H groups in total. The number of amides is 1. The third-order valence-corrected chi connectivity index (χ3v) is 5.39. The van der Waals surface area contributed by atoms with Gasteiger partial charge in [0.2, 0.25) is 10.0 Å². The molecule has 0 spiro atoms. The molecule has 0 aromatic heterocycles. The summed E-state index contributed by atoms with van der Waals surface area (Å²) in [5.74, 6) is -0.262. The Labute approximate surface area is 137 Å². The van der Waals surface area contributed by atoms with Crippen LogP contribution in [0.3, 0.4) is 0 Å². The summed E-state index contributed by atoms with van der Waals surface area (Å²) >= 11 is 0. The lowest BCUT2D eigenvalue weighted by Gasteiger charge is -2.34. The van der Waals surface area contributed by atoms with E-state index < -0.39 is 10.0 Å². The van der Waals surface area contributed by atoms with Crippen LogP contribution in [0.2, 0.25) is 0 Å². The minimum atomic E-state index is -3.58. The lowest BCUT2D eigenvalue weighted by Crippen LogP contribution is -2.48. The van der Waals surface area contributed by atoms with Crippen molar-refractivity contribution < 1.29 is 17.9 Å². The van der Waals surface area contributed by atoms with Crippen molar-refractivity contribution >= 4 is 15.9 Å². The van der Waals surface area contributed by atoms with Gasteiger partial charge in [-0.3, -0.25) is 4.79 Å². The van der Waals surface area contributed by atoms with E-state index in [1.54, 1.807) is 6.08 Å². The Balaban J connectivity index is 2.17. The summed E-state index contributed by atoms with van der Waals surface area (Å²) in [5, 5.41) is 2.65. The molecule has 1 saturated heterocycles. The number of morpholine rings is 1. The van der Waals surface area contributed by atoms with Crippen LogP contribution in [0.4, 0.5) is 0 Å². The van der Waals surface area contributed by atoms with Gasteiger partial charge in [0.1, 0.15) is 0 Å². The smallest absolute Gasteiger partial charge is 0.251 e. The molecule has 23 heavy (non-hydrogen) atoms. The van der Waals surface area contributed by atoms with Crippen LogP contribution in [0.5, 0.6) is 0 Å². The Bertz CT molecular complexity index is 660. The van der Waals surface area contributed by atoms with Crippen LogP contribution in [-0.4, -0.2) is 50.5 Å². The number of ether oxygens (including phenoxy) is 1. The van der Waals surface area contributed by atoms with Gasteiger partial charge in [0, 0.05) is 25.2 Å². The zero-order valence-corrected chi connectivity index (χ0v) is 14.2. The predicted octanol–water partition coefficient (Wildman–Crippen LogP) is 1.40. The van der Waals surface area contributed by atoms with Crippen LogP contribution < -0.4 is 5.32 Å². The van der Waals surface area contributed by atoms with E-state index in [0.29, 0.717) is 25.2 Å². The summed E-state index contributed by atoms with van der Waals surface area (Å²) in [6.07, 6.45) is 1.30. The van der Waals surface area contributed by atoms with Gasteiger partial charge < -0.3 is 10.1 Å². The van der Waals surface area contributed by atoms with Gasteiger partial charge in [0.25, 0.3) is 5.91 Å². The molecule has 0 bridgehead atoms. The number of carbonyl (C=O) groups excluding carboxylic acids is 1. The van der Waals surface area contributed by atoms with Crippen molar-refractivity contribution in [2.75, 3.05) is 19.6 Å². The van der Waals surface area contributed by atoms with E-state index in [0.717, 1.165) is 0 Å². The number of sulfonamides is 1. The summed E-state index contributed by atoms with van der Waals surface area (Å²) in [4.78, 5) is 12.0. The highest BCUT2D eigenvalue weighted by Crippen LogP contribution is 2.21. The number of nitrogens with zero attached hydrogens (tertiary/aromatic N) is 1. The van der Waals surface area contributed by atoms with Gasteiger partial charge in [-0.25, -0.2) is 8.42 Å². The van der Waals surface area contributed by atoms with Gasteiger partial charge in [-0.1, -0.05) is 6.08 Å². The molecular weight excluding hydrogens is 316 g/mol. The molecule has 0 aliphatic carbocycles. The normalized spacial score (nSPS) is 22.5. The maximum absolute atomic E-state index is 12.7. The zero-order chi connectivity index (χ0) is 17.0. The number of hydrogen-bond donors (Lipinski definition) is 1. The molecule has 1 fully saturated rings. The standard InChI is InChI=1S/C16H22N2O4S/c1-4-9-17-16(19)14-5-7-15(8-6-14)23(20,21)18-10-12(2)22-13(3)11-18/h4-8,12-13H,1,9-11H2,2-3H3,(H,17,19)/t12-,13+. The Kier molecular flexibility index (Phi) is 5.56. The molecule has 7 heteroatoms. The Morgan fingerprint density at radius 1 is 1.30 bits per heavy atom. The third kappa shape index (κ3) is 4.19. The van der Waals surface area contributed by atoms with Crippen LogP contribution in [0.25, 0.3) is 0 Å². The monoisotopic (exact) mass is 338 g/mol. The largest absolute Gasteiger partial charge is 0.373 e. The van der Waals surface area contributed by atoms with E-state index in [-0.39, 0.29) is 23.0 Å². The Morgan fingerprint density at radius 2 is 1.87 bits per heavy atom. The first-order chi connectivity index (χ1) is 10.8. The van der Waals surface area contributed by atoms with Crippen molar-refractivity contribution in [2.45, 2.75) is 31.0 Å². The van der Waals surface area contributed by atoms with Gasteiger partial charge in [-0.05, 0) is 38.1 Å². The average Bonchev–Trinajstić information content (AvgIpc) is 2.51. The molecule has 126 valence electrons. The first-order valence-electron chi connectivity index (χ1n) is 7.49. The molecule has 1 aliphatic heterocycles. The first kappa shape index (κ1) is 17.7. The summed E-state index contributed by atoms with van der Waals surface area (Å²) in [6.45, 7) is 8.25. The van der Waals surface area contributed by atoms with E-state index in [4.69, 9.17) is 4.74 Å². The summed E-state index contributed by atoms with van der Waals surface area (Å²) in [5.41, 5.74) is 0.412. The van der Waals surface area contributed by atoms with Gasteiger partial charge in [-0.15, -0.1) is 6.58 Å². The van der Waals surface area contributed by atoms with E-state index in [9.17, 15) is 13.2 Å². The van der Waals surface area contributed by atoms with Gasteiger partial charge in [-0.2, -0.15) is 4.31 Å². The second kappa shape index (κ2) is 7.25. The van der Waals surface area contributed by atoms with E-state index in [2.05, 4.69) is 11.9 Å². The van der Waals surface area contributed by atoms with E-state index in [1.807, 2.05) is 13.8 Å². The summed E-state index contributed by atoms with van der Waals surface area (Å²) in [7, 11) is -3.58. The van der Waals surface area contributed by atoms with E-state index >= 15 is 0 Å². The molecular formula is C16H22N2O4S. The fourth-order valence-electron chi connectivity index (χ4n) is 2.52. The first-order valence-corrected chi connectivity index (χ1v) is 8.93. The number of hydrogen-bond acceptors (Lipinski definition) is 4. The highest BCUT2D eigenvalue weighted by atomic mass is 32.2. The molecule has 2 atom stereocenters. The van der Waals surface area contributed by atoms with Crippen molar-refractivity contribution in [1.82, 2.24) is 9.62 Å². The Morgan fingerprint density at radius 3 is 2.39 bits per heavy atom. The molecule has 1 aliphatic rings. The highest BCUT2D eigenvalue weighted by Gasteiger charge is 2.32. The maximum atomic E-state index is 12.7. The van der Waals surface area contributed by atoms with Crippen LogP contribution in [0.15, 0.2) is 41.8 Å². The average molecular weight is 338 g/mol. The second-order valence-electron chi connectivity index (χ2n) is 5.60. The SMILES string of the molecule is C=CCNC(=O)c1ccc(S(=O)(=O)N2C[C@@H](C)O[C@@H](C)C2)cc1. The molecule has 1 amide bonds. The minimum Gasteiger partial charge on any atom is -0.373 e. The number of nitrogens with one attached hydrogen (secondary N) is 1. The van der Waals surface area contributed by atoms with Crippen molar-refractivity contribution in [3.05, 3.63) is 42.5 Å². The van der Waals surface area contributed by atoms with Crippen molar-refractivity contribution in [1.29, 1.82) is 0 Å². The topological polar surface area (TPSA) is 75.7 Å². The molecule has 2 rings (SSSR count). The van der Waals surface area contributed by atoms with Gasteiger partial charge in [0.05, 0.1) is 17.1 Å². The zero-order valence-electron chi connectivity index (χ0n) is 13.4. The van der Waals surface area contributed by atoms with E-state index in [1.165, 1.54) is 28.6 Å². The molecule has 0 unspecified atom stereocenters. The van der Waals surface area contributed by atoms with Crippen molar-refractivity contribution in [2.24, 2.45) is 0 Å². The number of rotatable bonds is 5. The van der Waals surface area contributed by atoms with Gasteiger partial charge >= 0.3 is 0 Å². The summed E-state index contributed by atoms with van der Waals surface area (Å²) in [6, 6.07) is 5.95. The molecule has 1 aromatic rings. The third-order valence-electron chi connectivity index (χ3n) is 3.55. The van der Waals surface area contributed by atoms with Crippen LogP contribution in [0.1, 0.15) is 24.2 Å². The highest BCUT2D eigenvalue weighted by molar-refractivity contribution is 7.89. The lowest BCUT2D eigenvalue weighted by atomic mass is 10.2. The predicted molar refractivity (Wildman–Crippen MR) is 87.7 cm³/mol. The molecule has 6 nitrogen and oxygen atoms in total. The lowest BCUT2D eigenvalue weighted by molar-refractivity contribution is -0.0440. The van der Waals surface area contributed by atoms with Gasteiger partial charge in [0.15, 0.2) is 0 Å². The van der Waals surface area contributed by atoms with Crippen molar-refractivity contribution in [3.63, 3.8) is 0 Å². The molecule has 0 radical (unpaired) electrons. The van der Waals surface area contributed by atoms with Crippen LogP contribution >= 0.6 is 0 Å². The molecule has 0 saturated carbocycles. The minimum absolute atomic E-state index is 0.141. The number of benzene rings is 1. The molecule has 1 heterocycles. The van der Waals surface area contributed by atoms with Crippen LogP contribution in [0, 0.1) is 0 Å². The Hall–Kier alpha value is -1.70. The summed E-state index contributed by atoms with van der Waals surface area (Å²) < 4.78 is 32.4. The second-order valence-corrected chi connectivity index (χ2v) is 7.54. The van der Waals surface area contributed by atoms with Crippen molar-refractivity contribution in [3.8, 4) is 0 Å². The quantitative estimate of drug-likeness (QED) is 0.824.